The van der Waals surface area contributed by atoms with Crippen molar-refractivity contribution in [2.45, 2.75) is 25.9 Å². The standard InChI is InChI=1S/C13H18N2O3/c1-9(16)10-4-3-7-15(8-10)13(18)11-5-2-6-14-12(11)17/h2,5-6,9-10,16H,3-4,7-8H2,1H3,(H,14,17). The molecule has 5 nitrogen and oxygen atoms in total. The Morgan fingerprint density at radius 3 is 3.06 bits per heavy atom. The van der Waals surface area contributed by atoms with E-state index in [2.05, 4.69) is 4.98 Å². The first kappa shape index (κ1) is 12.8. The monoisotopic (exact) mass is 250 g/mol. The Kier molecular flexibility index (Phi) is 3.81. The van der Waals surface area contributed by atoms with Gasteiger partial charge in [-0.05, 0) is 31.9 Å². The lowest BCUT2D eigenvalue weighted by Crippen LogP contribution is -2.44. The molecule has 1 fully saturated rings. The van der Waals surface area contributed by atoms with Gasteiger partial charge in [-0.25, -0.2) is 0 Å². The van der Waals surface area contributed by atoms with Gasteiger partial charge in [0, 0.05) is 25.2 Å². The first-order chi connectivity index (χ1) is 8.59. The van der Waals surface area contributed by atoms with E-state index in [9.17, 15) is 14.7 Å². The third-order valence-corrected chi connectivity index (χ3v) is 3.48. The number of hydrogen-bond acceptors (Lipinski definition) is 3. The Balaban J connectivity index is 2.14. The maximum atomic E-state index is 12.2. The third kappa shape index (κ3) is 2.61. The van der Waals surface area contributed by atoms with Gasteiger partial charge in [0.1, 0.15) is 5.56 Å². The molecule has 2 N–H and O–H groups in total. The number of likely N-dealkylation sites (tertiary alicyclic amines) is 1. The summed E-state index contributed by atoms with van der Waals surface area (Å²) in [5.41, 5.74) is -0.189. The normalized spacial score (nSPS) is 21.7. The number of aliphatic hydroxyl groups excluding tert-OH is 1. The van der Waals surface area contributed by atoms with Crippen LogP contribution in [0.25, 0.3) is 0 Å². The second-order valence-electron chi connectivity index (χ2n) is 4.81. The summed E-state index contributed by atoms with van der Waals surface area (Å²) < 4.78 is 0. The summed E-state index contributed by atoms with van der Waals surface area (Å²) in [5.74, 6) is -0.146. The molecule has 0 aromatic carbocycles. The molecule has 5 heteroatoms. The largest absolute Gasteiger partial charge is 0.393 e. The summed E-state index contributed by atoms with van der Waals surface area (Å²) in [6, 6.07) is 3.18. The van der Waals surface area contributed by atoms with Crippen LogP contribution in [0.2, 0.25) is 0 Å². The molecule has 1 amide bonds. The van der Waals surface area contributed by atoms with Crippen LogP contribution in [0.1, 0.15) is 30.1 Å². The number of aromatic nitrogens is 1. The van der Waals surface area contributed by atoms with E-state index < -0.39 is 6.10 Å². The van der Waals surface area contributed by atoms with Gasteiger partial charge >= 0.3 is 0 Å². The molecule has 2 atom stereocenters. The minimum absolute atomic E-state index is 0.102. The number of nitrogens with one attached hydrogen (secondary N) is 1. The Morgan fingerprint density at radius 1 is 1.61 bits per heavy atom. The molecule has 0 radical (unpaired) electrons. The molecule has 1 aromatic heterocycles. The van der Waals surface area contributed by atoms with E-state index in [1.807, 2.05) is 0 Å². The Hall–Kier alpha value is -1.62. The molecule has 2 heterocycles. The summed E-state index contributed by atoms with van der Waals surface area (Å²) in [4.78, 5) is 27.9. The quantitative estimate of drug-likeness (QED) is 0.807. The van der Waals surface area contributed by atoms with Crippen molar-refractivity contribution in [3.05, 3.63) is 34.2 Å². The molecule has 0 saturated carbocycles. The summed E-state index contributed by atoms with van der Waals surface area (Å²) in [5, 5.41) is 9.60. The molecule has 0 bridgehead atoms. The third-order valence-electron chi connectivity index (χ3n) is 3.48. The lowest BCUT2D eigenvalue weighted by atomic mass is 9.93. The van der Waals surface area contributed by atoms with E-state index in [1.54, 1.807) is 17.9 Å². The first-order valence-electron chi connectivity index (χ1n) is 6.24. The number of hydrogen-bond donors (Lipinski definition) is 2. The molecule has 1 saturated heterocycles. The highest BCUT2D eigenvalue weighted by Gasteiger charge is 2.27. The number of carbonyl (C=O) groups is 1. The summed E-state index contributed by atoms with van der Waals surface area (Å²) in [7, 11) is 0. The van der Waals surface area contributed by atoms with Crippen molar-refractivity contribution >= 4 is 5.91 Å². The van der Waals surface area contributed by atoms with E-state index in [-0.39, 0.29) is 22.9 Å². The summed E-state index contributed by atoms with van der Waals surface area (Å²) in [6.07, 6.45) is 2.88. The molecule has 1 aliphatic rings. The lowest BCUT2D eigenvalue weighted by Gasteiger charge is -2.34. The lowest BCUT2D eigenvalue weighted by molar-refractivity contribution is 0.0464. The highest BCUT2D eigenvalue weighted by atomic mass is 16.3. The molecule has 18 heavy (non-hydrogen) atoms. The fourth-order valence-electron chi connectivity index (χ4n) is 2.35. The number of carbonyl (C=O) groups excluding carboxylic acids is 1. The van der Waals surface area contributed by atoms with Gasteiger partial charge in [0.15, 0.2) is 0 Å². The zero-order chi connectivity index (χ0) is 13.1. The Labute approximate surface area is 105 Å². The molecule has 0 aliphatic carbocycles. The van der Waals surface area contributed by atoms with Crippen LogP contribution in [0.15, 0.2) is 23.1 Å². The van der Waals surface area contributed by atoms with Crippen LogP contribution < -0.4 is 5.56 Å². The van der Waals surface area contributed by atoms with Gasteiger partial charge in [0.25, 0.3) is 11.5 Å². The van der Waals surface area contributed by atoms with Crippen molar-refractivity contribution in [2.75, 3.05) is 13.1 Å². The number of H-pyrrole nitrogens is 1. The van der Waals surface area contributed by atoms with Gasteiger partial charge in [0.2, 0.25) is 0 Å². The molecule has 2 rings (SSSR count). The van der Waals surface area contributed by atoms with E-state index in [1.165, 1.54) is 12.3 Å². The first-order valence-corrected chi connectivity index (χ1v) is 6.24. The molecule has 2 unspecified atom stereocenters. The number of piperidine rings is 1. The summed E-state index contributed by atoms with van der Waals surface area (Å²) >= 11 is 0. The van der Waals surface area contributed by atoms with Gasteiger partial charge in [0.05, 0.1) is 6.10 Å². The van der Waals surface area contributed by atoms with Crippen LogP contribution in [0, 0.1) is 5.92 Å². The molecule has 98 valence electrons. The predicted octanol–water partition coefficient (Wildman–Crippen LogP) is 0.608. The van der Waals surface area contributed by atoms with E-state index in [0.717, 1.165) is 12.8 Å². The minimum Gasteiger partial charge on any atom is -0.393 e. The van der Waals surface area contributed by atoms with Crippen molar-refractivity contribution in [2.24, 2.45) is 5.92 Å². The van der Waals surface area contributed by atoms with E-state index in [4.69, 9.17) is 0 Å². The molecule has 1 aromatic rings. The number of rotatable bonds is 2. The molecular formula is C13H18N2O3. The number of aromatic amines is 1. The van der Waals surface area contributed by atoms with E-state index in [0.29, 0.717) is 13.1 Å². The average molecular weight is 250 g/mol. The van der Waals surface area contributed by atoms with Crippen LogP contribution >= 0.6 is 0 Å². The maximum Gasteiger partial charge on any atom is 0.260 e. The second-order valence-corrected chi connectivity index (χ2v) is 4.81. The fraction of sp³-hybridized carbons (Fsp3) is 0.538. The zero-order valence-corrected chi connectivity index (χ0v) is 10.4. The Morgan fingerprint density at radius 2 is 2.39 bits per heavy atom. The van der Waals surface area contributed by atoms with Crippen LogP contribution in [0.5, 0.6) is 0 Å². The number of nitrogens with zero attached hydrogens (tertiary/aromatic N) is 1. The second kappa shape index (κ2) is 5.35. The zero-order valence-electron chi connectivity index (χ0n) is 10.4. The van der Waals surface area contributed by atoms with Gasteiger partial charge in [-0.1, -0.05) is 0 Å². The van der Waals surface area contributed by atoms with Gasteiger partial charge < -0.3 is 15.0 Å². The van der Waals surface area contributed by atoms with Crippen LogP contribution in [0.4, 0.5) is 0 Å². The molecule has 1 aliphatic heterocycles. The molecular weight excluding hydrogens is 232 g/mol. The highest BCUT2D eigenvalue weighted by Crippen LogP contribution is 2.20. The highest BCUT2D eigenvalue weighted by molar-refractivity contribution is 5.93. The van der Waals surface area contributed by atoms with Crippen molar-refractivity contribution in [1.82, 2.24) is 9.88 Å². The SMILES string of the molecule is CC(O)C1CCCN(C(=O)c2ccc[nH]c2=O)C1. The van der Waals surface area contributed by atoms with Crippen LogP contribution in [0.3, 0.4) is 0 Å². The van der Waals surface area contributed by atoms with Gasteiger partial charge in [-0.15, -0.1) is 0 Å². The fourth-order valence-corrected chi connectivity index (χ4v) is 2.35. The smallest absolute Gasteiger partial charge is 0.260 e. The predicted molar refractivity (Wildman–Crippen MR) is 67.4 cm³/mol. The van der Waals surface area contributed by atoms with Crippen LogP contribution in [-0.2, 0) is 0 Å². The van der Waals surface area contributed by atoms with Crippen molar-refractivity contribution in [1.29, 1.82) is 0 Å². The topological polar surface area (TPSA) is 73.4 Å². The van der Waals surface area contributed by atoms with Crippen molar-refractivity contribution in [3.63, 3.8) is 0 Å². The molecule has 0 spiro atoms. The maximum absolute atomic E-state index is 12.2. The summed E-state index contributed by atoms with van der Waals surface area (Å²) in [6.45, 7) is 2.91. The minimum atomic E-state index is -0.422. The van der Waals surface area contributed by atoms with E-state index >= 15 is 0 Å². The van der Waals surface area contributed by atoms with Gasteiger partial charge in [-0.3, -0.25) is 9.59 Å². The van der Waals surface area contributed by atoms with Gasteiger partial charge in [-0.2, -0.15) is 0 Å². The number of aliphatic hydroxyl groups is 1. The number of amides is 1. The number of pyridine rings is 1. The average Bonchev–Trinajstić information content (AvgIpc) is 2.38. The Bertz CT molecular complexity index is 481. The van der Waals surface area contributed by atoms with Crippen molar-refractivity contribution in [3.8, 4) is 0 Å². The van der Waals surface area contributed by atoms with Crippen LogP contribution in [-0.4, -0.2) is 40.1 Å². The van der Waals surface area contributed by atoms with Crippen molar-refractivity contribution < 1.29 is 9.90 Å².